The van der Waals surface area contributed by atoms with E-state index in [1.165, 1.54) is 0 Å². The molecule has 0 spiro atoms. The van der Waals surface area contributed by atoms with Crippen molar-refractivity contribution in [2.75, 3.05) is 57.2 Å². The Morgan fingerprint density at radius 2 is 1.92 bits per heavy atom. The van der Waals surface area contributed by atoms with E-state index in [4.69, 9.17) is 16.3 Å². The van der Waals surface area contributed by atoms with Crippen LogP contribution in [0.1, 0.15) is 10.4 Å². The van der Waals surface area contributed by atoms with Gasteiger partial charge in [0.25, 0.3) is 5.91 Å². The molecule has 26 heavy (non-hydrogen) atoms. The first kappa shape index (κ1) is 18.3. The van der Waals surface area contributed by atoms with E-state index in [0.29, 0.717) is 42.5 Å². The van der Waals surface area contributed by atoms with Crippen molar-refractivity contribution in [1.82, 2.24) is 15.1 Å². The maximum atomic E-state index is 12.9. The Morgan fingerprint density at radius 3 is 2.58 bits per heavy atom. The van der Waals surface area contributed by atoms with Gasteiger partial charge in [-0.05, 0) is 18.2 Å². The minimum Gasteiger partial charge on any atom is -0.496 e. The number of benzene rings is 1. The molecule has 0 unspecified atom stereocenters. The fourth-order valence-corrected chi connectivity index (χ4v) is 3.07. The zero-order valence-corrected chi connectivity index (χ0v) is 15.9. The van der Waals surface area contributed by atoms with E-state index < -0.39 is 0 Å². The molecule has 1 aliphatic heterocycles. The number of hydrogen-bond acceptors (Lipinski definition) is 6. The van der Waals surface area contributed by atoms with Crippen LogP contribution in [0.25, 0.3) is 0 Å². The van der Waals surface area contributed by atoms with E-state index >= 15 is 0 Å². The topological polar surface area (TPSA) is 61.8 Å². The number of nitrogens with zero attached hydrogens (tertiary/aromatic N) is 5. The standard InChI is InChI=1S/C18H22ClN5O2/c1-22(2)14-11-17(21-20-12-14)23-6-8-24(9-7-23)18(25)15-10-13(19)4-5-16(15)26-3/h4-5,10-12H,6-9H2,1-3H3. The molecular weight excluding hydrogens is 354 g/mol. The zero-order chi connectivity index (χ0) is 18.7. The van der Waals surface area contributed by atoms with Crippen molar-refractivity contribution in [3.8, 4) is 5.75 Å². The molecule has 1 aliphatic rings. The maximum Gasteiger partial charge on any atom is 0.257 e. The SMILES string of the molecule is COc1ccc(Cl)cc1C(=O)N1CCN(c2cc(N(C)C)cnn2)CC1. The van der Waals surface area contributed by atoms with E-state index in [1.807, 2.05) is 30.0 Å². The number of ether oxygens (including phenoxy) is 1. The van der Waals surface area contributed by atoms with E-state index in [0.717, 1.165) is 11.5 Å². The highest BCUT2D eigenvalue weighted by atomic mass is 35.5. The normalized spacial score (nSPS) is 14.3. The van der Waals surface area contributed by atoms with Crippen LogP contribution in [0.2, 0.25) is 5.02 Å². The quantitative estimate of drug-likeness (QED) is 0.816. The van der Waals surface area contributed by atoms with Gasteiger partial charge >= 0.3 is 0 Å². The average Bonchev–Trinajstić information content (AvgIpc) is 2.67. The van der Waals surface area contributed by atoms with E-state index in [-0.39, 0.29) is 5.91 Å². The third-order valence-corrected chi connectivity index (χ3v) is 4.66. The van der Waals surface area contributed by atoms with Crippen molar-refractivity contribution >= 4 is 29.0 Å². The summed E-state index contributed by atoms with van der Waals surface area (Å²) in [6.07, 6.45) is 1.73. The van der Waals surface area contributed by atoms with E-state index in [1.54, 1.807) is 31.5 Å². The number of halogens is 1. The van der Waals surface area contributed by atoms with Gasteiger partial charge in [0.05, 0.1) is 24.6 Å². The van der Waals surface area contributed by atoms with Crippen molar-refractivity contribution in [3.63, 3.8) is 0 Å². The third kappa shape index (κ3) is 3.83. The Hall–Kier alpha value is -2.54. The molecule has 2 heterocycles. The second-order valence-corrected chi connectivity index (χ2v) is 6.73. The molecule has 0 atom stereocenters. The summed E-state index contributed by atoms with van der Waals surface area (Å²) in [6.45, 7) is 2.59. The lowest BCUT2D eigenvalue weighted by atomic mass is 10.1. The monoisotopic (exact) mass is 375 g/mol. The Kier molecular flexibility index (Phi) is 5.46. The van der Waals surface area contributed by atoms with Gasteiger partial charge in [-0.25, -0.2) is 0 Å². The van der Waals surface area contributed by atoms with Gasteiger partial charge in [0.15, 0.2) is 5.82 Å². The van der Waals surface area contributed by atoms with Gasteiger partial charge in [-0.15, -0.1) is 5.10 Å². The van der Waals surface area contributed by atoms with Gasteiger partial charge in [0.1, 0.15) is 5.75 Å². The number of amides is 1. The summed E-state index contributed by atoms with van der Waals surface area (Å²) in [5.74, 6) is 1.28. The van der Waals surface area contributed by atoms with Crippen LogP contribution in [0.15, 0.2) is 30.5 Å². The second kappa shape index (κ2) is 7.78. The molecule has 1 fully saturated rings. The van der Waals surface area contributed by atoms with Crippen molar-refractivity contribution in [3.05, 3.63) is 41.0 Å². The molecule has 1 aromatic carbocycles. The summed E-state index contributed by atoms with van der Waals surface area (Å²) in [5.41, 5.74) is 1.49. The summed E-state index contributed by atoms with van der Waals surface area (Å²) in [5, 5.41) is 8.81. The second-order valence-electron chi connectivity index (χ2n) is 6.29. The van der Waals surface area contributed by atoms with Crippen LogP contribution in [-0.4, -0.2) is 68.4 Å². The molecule has 1 aromatic heterocycles. The Labute approximate surface area is 158 Å². The highest BCUT2D eigenvalue weighted by molar-refractivity contribution is 6.31. The summed E-state index contributed by atoms with van der Waals surface area (Å²) in [4.78, 5) is 18.8. The third-order valence-electron chi connectivity index (χ3n) is 4.43. The van der Waals surface area contributed by atoms with Crippen molar-refractivity contribution < 1.29 is 9.53 Å². The predicted molar refractivity (Wildman–Crippen MR) is 102 cm³/mol. The highest BCUT2D eigenvalue weighted by Crippen LogP contribution is 2.25. The summed E-state index contributed by atoms with van der Waals surface area (Å²) in [7, 11) is 5.49. The molecule has 1 saturated heterocycles. The van der Waals surface area contributed by atoms with E-state index in [9.17, 15) is 4.79 Å². The van der Waals surface area contributed by atoms with E-state index in [2.05, 4.69) is 15.1 Å². The van der Waals surface area contributed by atoms with Crippen LogP contribution in [0.3, 0.4) is 0 Å². The van der Waals surface area contributed by atoms with Gasteiger partial charge < -0.3 is 19.4 Å². The van der Waals surface area contributed by atoms with Crippen LogP contribution >= 0.6 is 11.6 Å². The molecule has 0 saturated carbocycles. The minimum absolute atomic E-state index is 0.0721. The Morgan fingerprint density at radius 1 is 1.19 bits per heavy atom. The number of anilines is 2. The first-order valence-corrected chi connectivity index (χ1v) is 8.75. The Balaban J connectivity index is 1.70. The van der Waals surface area contributed by atoms with Crippen LogP contribution in [0.4, 0.5) is 11.5 Å². The zero-order valence-electron chi connectivity index (χ0n) is 15.1. The van der Waals surface area contributed by atoms with Crippen LogP contribution < -0.4 is 14.5 Å². The minimum atomic E-state index is -0.0721. The molecule has 0 bridgehead atoms. The summed E-state index contributed by atoms with van der Waals surface area (Å²) in [6, 6.07) is 7.09. The summed E-state index contributed by atoms with van der Waals surface area (Å²) < 4.78 is 5.30. The van der Waals surface area contributed by atoms with Crippen LogP contribution in [0, 0.1) is 0 Å². The highest BCUT2D eigenvalue weighted by Gasteiger charge is 2.25. The van der Waals surface area contributed by atoms with Gasteiger partial charge in [-0.3, -0.25) is 4.79 Å². The average molecular weight is 376 g/mol. The molecule has 3 rings (SSSR count). The lowest BCUT2D eigenvalue weighted by Crippen LogP contribution is -2.49. The van der Waals surface area contributed by atoms with Gasteiger partial charge in [-0.2, -0.15) is 5.10 Å². The van der Waals surface area contributed by atoms with Gasteiger partial charge in [0, 0.05) is 51.4 Å². The molecule has 0 N–H and O–H groups in total. The van der Waals surface area contributed by atoms with Crippen molar-refractivity contribution in [1.29, 1.82) is 0 Å². The molecule has 0 aliphatic carbocycles. The fraction of sp³-hybridized carbons (Fsp3) is 0.389. The van der Waals surface area contributed by atoms with Crippen molar-refractivity contribution in [2.45, 2.75) is 0 Å². The molecule has 2 aromatic rings. The number of aromatic nitrogens is 2. The lowest BCUT2D eigenvalue weighted by molar-refractivity contribution is 0.0743. The summed E-state index contributed by atoms with van der Waals surface area (Å²) >= 11 is 6.05. The fourth-order valence-electron chi connectivity index (χ4n) is 2.90. The number of piperazine rings is 1. The molecule has 0 radical (unpaired) electrons. The number of rotatable bonds is 4. The molecule has 7 nitrogen and oxygen atoms in total. The number of carbonyl (C=O) groups is 1. The molecular formula is C18H22ClN5O2. The van der Waals surface area contributed by atoms with Crippen LogP contribution in [0.5, 0.6) is 5.75 Å². The van der Waals surface area contributed by atoms with Crippen molar-refractivity contribution in [2.24, 2.45) is 0 Å². The number of methoxy groups -OCH3 is 1. The molecule has 1 amide bonds. The lowest BCUT2D eigenvalue weighted by Gasteiger charge is -2.35. The first-order valence-electron chi connectivity index (χ1n) is 8.37. The number of hydrogen-bond donors (Lipinski definition) is 0. The maximum absolute atomic E-state index is 12.9. The number of carbonyl (C=O) groups excluding carboxylic acids is 1. The first-order chi connectivity index (χ1) is 12.5. The molecule has 8 heteroatoms. The molecule has 138 valence electrons. The smallest absolute Gasteiger partial charge is 0.257 e. The van der Waals surface area contributed by atoms with Gasteiger partial charge in [0.2, 0.25) is 0 Å². The van der Waals surface area contributed by atoms with Gasteiger partial charge in [-0.1, -0.05) is 11.6 Å². The predicted octanol–water partition coefficient (Wildman–Crippen LogP) is 2.17. The Bertz CT molecular complexity index is 791. The largest absolute Gasteiger partial charge is 0.496 e. The van der Waals surface area contributed by atoms with Crippen LogP contribution in [-0.2, 0) is 0 Å².